The molecule has 0 bridgehead atoms. The lowest BCUT2D eigenvalue weighted by atomic mass is 10.1. The summed E-state index contributed by atoms with van der Waals surface area (Å²) in [4.78, 5) is 13.0. The van der Waals surface area contributed by atoms with Gasteiger partial charge >= 0.3 is 0 Å². The Hall–Kier alpha value is -1.98. The molecule has 3 heterocycles. The maximum Gasteiger partial charge on any atom is 0.105 e. The zero-order chi connectivity index (χ0) is 13.8. The Kier molecular flexibility index (Phi) is 3.90. The number of aromatic nitrogens is 3. The molecule has 0 fully saturated rings. The van der Waals surface area contributed by atoms with Gasteiger partial charge in [-0.15, -0.1) is 11.8 Å². The molecule has 2 N–H and O–H groups in total. The van der Waals surface area contributed by atoms with Gasteiger partial charge in [-0.3, -0.25) is 9.97 Å². The average Bonchev–Trinajstić information content (AvgIpc) is 2.53. The fraction of sp³-hybridized carbons (Fsp3) is 0.133. The topological polar surface area (TPSA) is 64.7 Å². The summed E-state index contributed by atoms with van der Waals surface area (Å²) >= 11 is 1.68. The van der Waals surface area contributed by atoms with Crippen molar-refractivity contribution in [2.75, 3.05) is 12.3 Å². The van der Waals surface area contributed by atoms with E-state index in [0.717, 1.165) is 32.8 Å². The predicted molar refractivity (Wildman–Crippen MR) is 82.5 cm³/mol. The number of hydrogen-bond donors (Lipinski definition) is 1. The minimum absolute atomic E-state index is 0.637. The lowest BCUT2D eigenvalue weighted by Gasteiger charge is -2.08. The fourth-order valence-electron chi connectivity index (χ4n) is 2.00. The van der Waals surface area contributed by atoms with Gasteiger partial charge in [-0.25, -0.2) is 4.98 Å². The Morgan fingerprint density at radius 1 is 1.05 bits per heavy atom. The van der Waals surface area contributed by atoms with Gasteiger partial charge in [0.1, 0.15) is 5.03 Å². The van der Waals surface area contributed by atoms with E-state index >= 15 is 0 Å². The van der Waals surface area contributed by atoms with Crippen molar-refractivity contribution in [1.29, 1.82) is 0 Å². The number of fused-ring (bicyclic) bond motifs is 1. The van der Waals surface area contributed by atoms with Gasteiger partial charge in [-0.05, 0) is 24.3 Å². The molecule has 0 spiro atoms. The van der Waals surface area contributed by atoms with Crippen molar-refractivity contribution in [3.8, 4) is 11.3 Å². The summed E-state index contributed by atoms with van der Waals surface area (Å²) in [5, 5.41) is 3.22. The van der Waals surface area contributed by atoms with Crippen molar-refractivity contribution in [2.24, 2.45) is 5.73 Å². The van der Waals surface area contributed by atoms with E-state index in [9.17, 15) is 0 Å². The Bertz CT molecular complexity index is 715. The number of thioether (sulfide) groups is 1. The molecule has 0 radical (unpaired) electrons. The minimum atomic E-state index is 0.637. The van der Waals surface area contributed by atoms with E-state index < -0.39 is 0 Å². The highest BCUT2D eigenvalue weighted by Crippen LogP contribution is 2.29. The molecule has 5 heteroatoms. The van der Waals surface area contributed by atoms with Crippen LogP contribution in [0.25, 0.3) is 22.0 Å². The molecule has 100 valence electrons. The quantitative estimate of drug-likeness (QED) is 0.745. The lowest BCUT2D eigenvalue weighted by Crippen LogP contribution is -2.01. The van der Waals surface area contributed by atoms with Gasteiger partial charge < -0.3 is 5.73 Å². The third-order valence-electron chi connectivity index (χ3n) is 2.93. The van der Waals surface area contributed by atoms with Gasteiger partial charge in [-0.1, -0.05) is 0 Å². The zero-order valence-electron chi connectivity index (χ0n) is 10.9. The molecule has 3 aromatic rings. The monoisotopic (exact) mass is 282 g/mol. The first-order chi connectivity index (χ1) is 9.88. The summed E-state index contributed by atoms with van der Waals surface area (Å²) in [5.41, 5.74) is 7.59. The summed E-state index contributed by atoms with van der Waals surface area (Å²) in [5.74, 6) is 0.851. The molecule has 0 saturated heterocycles. The minimum Gasteiger partial charge on any atom is -0.330 e. The molecule has 0 aliphatic rings. The number of hydrogen-bond acceptors (Lipinski definition) is 5. The van der Waals surface area contributed by atoms with Crippen LogP contribution in [0.15, 0.2) is 54.1 Å². The van der Waals surface area contributed by atoms with E-state index in [2.05, 4.69) is 16.0 Å². The summed E-state index contributed by atoms with van der Waals surface area (Å²) in [6.45, 7) is 0.637. The smallest absolute Gasteiger partial charge is 0.105 e. The molecule has 0 saturated carbocycles. The highest BCUT2D eigenvalue weighted by Gasteiger charge is 2.08. The highest BCUT2D eigenvalue weighted by atomic mass is 32.2. The van der Waals surface area contributed by atoms with Gasteiger partial charge in [0, 0.05) is 53.4 Å². The van der Waals surface area contributed by atoms with Crippen molar-refractivity contribution in [1.82, 2.24) is 15.0 Å². The highest BCUT2D eigenvalue weighted by molar-refractivity contribution is 7.99. The molecule has 0 atom stereocenters. The van der Waals surface area contributed by atoms with Crippen molar-refractivity contribution >= 4 is 22.5 Å². The van der Waals surface area contributed by atoms with E-state index in [-0.39, 0.29) is 0 Å². The standard InChI is InChI=1S/C15H14N4S/c16-4-8-20-15-13-3-7-18-10-12(13)9-14(19-15)11-1-5-17-6-2-11/h1-3,5-7,9-10H,4,8,16H2. The molecule has 3 rings (SSSR count). The second kappa shape index (κ2) is 5.98. The molecule has 0 aliphatic heterocycles. The first-order valence-electron chi connectivity index (χ1n) is 6.36. The summed E-state index contributed by atoms with van der Waals surface area (Å²) < 4.78 is 0. The molecule has 0 unspecified atom stereocenters. The van der Waals surface area contributed by atoms with Gasteiger partial charge in [0.05, 0.1) is 5.69 Å². The Morgan fingerprint density at radius 3 is 2.65 bits per heavy atom. The molecule has 3 aromatic heterocycles. The van der Waals surface area contributed by atoms with E-state index in [1.165, 1.54) is 0 Å². The van der Waals surface area contributed by atoms with E-state index in [1.54, 1.807) is 30.4 Å². The average molecular weight is 282 g/mol. The van der Waals surface area contributed by atoms with Crippen LogP contribution >= 0.6 is 11.8 Å². The molecule has 0 amide bonds. The second-order valence-corrected chi connectivity index (χ2v) is 5.37. The van der Waals surface area contributed by atoms with E-state index in [4.69, 9.17) is 10.7 Å². The third kappa shape index (κ3) is 2.64. The SMILES string of the molecule is NCCSc1nc(-c2ccncc2)cc2cnccc12. The van der Waals surface area contributed by atoms with Crippen LogP contribution in [0.4, 0.5) is 0 Å². The van der Waals surface area contributed by atoms with Crippen LogP contribution in [0.1, 0.15) is 0 Å². The number of nitrogens with two attached hydrogens (primary N) is 1. The largest absolute Gasteiger partial charge is 0.330 e. The molecular weight excluding hydrogens is 268 g/mol. The lowest BCUT2D eigenvalue weighted by molar-refractivity contribution is 1.13. The summed E-state index contributed by atoms with van der Waals surface area (Å²) in [7, 11) is 0. The van der Waals surface area contributed by atoms with Gasteiger partial charge in [0.15, 0.2) is 0 Å². The van der Waals surface area contributed by atoms with Gasteiger partial charge in [0.2, 0.25) is 0 Å². The fourth-order valence-corrected chi connectivity index (χ4v) is 2.82. The first kappa shape index (κ1) is 13.0. The van der Waals surface area contributed by atoms with Crippen LogP contribution < -0.4 is 5.73 Å². The van der Waals surface area contributed by atoms with Crippen LogP contribution in [0.3, 0.4) is 0 Å². The van der Waals surface area contributed by atoms with Crippen LogP contribution in [-0.4, -0.2) is 27.2 Å². The Labute approximate surface area is 121 Å². The van der Waals surface area contributed by atoms with Crippen LogP contribution in [0, 0.1) is 0 Å². The molecule has 0 aromatic carbocycles. The van der Waals surface area contributed by atoms with Crippen molar-refractivity contribution in [3.05, 3.63) is 49.1 Å². The second-order valence-electron chi connectivity index (χ2n) is 4.28. The van der Waals surface area contributed by atoms with Crippen molar-refractivity contribution in [2.45, 2.75) is 5.03 Å². The normalized spacial score (nSPS) is 10.8. The third-order valence-corrected chi connectivity index (χ3v) is 3.95. The van der Waals surface area contributed by atoms with Crippen molar-refractivity contribution < 1.29 is 0 Å². The van der Waals surface area contributed by atoms with E-state index in [1.807, 2.05) is 24.4 Å². The molecule has 20 heavy (non-hydrogen) atoms. The van der Waals surface area contributed by atoms with Gasteiger partial charge in [0.25, 0.3) is 0 Å². The van der Waals surface area contributed by atoms with Gasteiger partial charge in [-0.2, -0.15) is 0 Å². The van der Waals surface area contributed by atoms with Crippen molar-refractivity contribution in [3.63, 3.8) is 0 Å². The van der Waals surface area contributed by atoms with E-state index in [0.29, 0.717) is 6.54 Å². The summed E-state index contributed by atoms with van der Waals surface area (Å²) in [6.07, 6.45) is 7.21. The molecule has 4 nitrogen and oxygen atoms in total. The number of pyridine rings is 3. The molecular formula is C15H14N4S. The first-order valence-corrected chi connectivity index (χ1v) is 7.35. The Morgan fingerprint density at radius 2 is 1.85 bits per heavy atom. The maximum atomic E-state index is 5.60. The predicted octanol–water partition coefficient (Wildman–Crippen LogP) is 2.74. The number of nitrogens with zero attached hydrogens (tertiary/aromatic N) is 3. The number of rotatable bonds is 4. The van der Waals surface area contributed by atoms with Crippen LogP contribution in [0.2, 0.25) is 0 Å². The Balaban J connectivity index is 2.14. The molecule has 0 aliphatic carbocycles. The maximum absolute atomic E-state index is 5.60. The van der Waals surface area contributed by atoms with Crippen LogP contribution in [-0.2, 0) is 0 Å². The zero-order valence-corrected chi connectivity index (χ0v) is 11.7. The summed E-state index contributed by atoms with van der Waals surface area (Å²) in [6, 6.07) is 7.98. The van der Waals surface area contributed by atoms with Crippen LogP contribution in [0.5, 0.6) is 0 Å².